The number of benzene rings is 1. The van der Waals surface area contributed by atoms with Crippen LogP contribution in [0.15, 0.2) is 30.3 Å². The molecule has 1 aromatic rings. The lowest BCUT2D eigenvalue weighted by atomic mass is 10.1. The molecule has 0 aliphatic heterocycles. The molecule has 2 atom stereocenters. The van der Waals surface area contributed by atoms with E-state index in [0.717, 1.165) is 7.11 Å². The number of hydrogen-bond donors (Lipinski definition) is 1. The molecule has 0 amide bonds. The molecule has 0 bridgehead atoms. The minimum Gasteiger partial charge on any atom is -0.393 e. The van der Waals surface area contributed by atoms with Crippen LogP contribution >= 0.6 is 0 Å². The molecule has 0 aliphatic rings. The number of aliphatic hydroxyl groups excluding tert-OH is 1. The zero-order valence-corrected chi connectivity index (χ0v) is 10.9. The van der Waals surface area contributed by atoms with Gasteiger partial charge in [-0.2, -0.15) is 8.42 Å². The molecule has 1 rings (SSSR count). The second-order valence-electron chi connectivity index (χ2n) is 3.86. The van der Waals surface area contributed by atoms with Crippen LogP contribution in [0.5, 0.6) is 0 Å². The van der Waals surface area contributed by atoms with E-state index < -0.39 is 21.5 Å². The van der Waals surface area contributed by atoms with Crippen molar-refractivity contribution in [3.8, 4) is 0 Å². The van der Waals surface area contributed by atoms with Crippen molar-refractivity contribution in [3.63, 3.8) is 0 Å². The average Bonchev–Trinajstić information content (AvgIpc) is 2.36. The molecule has 0 aliphatic carbocycles. The summed E-state index contributed by atoms with van der Waals surface area (Å²) in [5, 5.41) is 8.81. The van der Waals surface area contributed by atoms with Crippen molar-refractivity contribution in [1.82, 2.24) is 0 Å². The van der Waals surface area contributed by atoms with Crippen LogP contribution in [0.25, 0.3) is 0 Å². The van der Waals surface area contributed by atoms with Crippen molar-refractivity contribution in [2.45, 2.75) is 31.1 Å². The second-order valence-corrected chi connectivity index (χ2v) is 5.74. The van der Waals surface area contributed by atoms with Crippen LogP contribution in [0, 0.1) is 0 Å². The third-order valence-corrected chi connectivity index (χ3v) is 4.34. The summed E-state index contributed by atoms with van der Waals surface area (Å²) >= 11 is 0. The standard InChI is InChI=1S/C12H18O4S/c1-3-11(13)9-12(17(14,15)16-2)10-7-5-4-6-8-10/h4-8,11-13H,3,9H2,1-2H3/t11-,12+/m0/s1. The van der Waals surface area contributed by atoms with E-state index in [1.165, 1.54) is 0 Å². The SMILES string of the molecule is CC[C@H](O)C[C@H](c1ccccc1)S(=O)(=O)OC. The lowest BCUT2D eigenvalue weighted by Gasteiger charge is -2.19. The van der Waals surface area contributed by atoms with Gasteiger partial charge >= 0.3 is 0 Å². The molecule has 0 aromatic heterocycles. The van der Waals surface area contributed by atoms with E-state index >= 15 is 0 Å². The minimum atomic E-state index is -3.68. The van der Waals surface area contributed by atoms with Gasteiger partial charge < -0.3 is 5.11 Å². The summed E-state index contributed by atoms with van der Waals surface area (Å²) in [6, 6.07) is 8.81. The van der Waals surface area contributed by atoms with Gasteiger partial charge in [0.25, 0.3) is 10.1 Å². The Kier molecular flexibility index (Phi) is 5.11. The van der Waals surface area contributed by atoms with Crippen LogP contribution in [0.1, 0.15) is 30.6 Å². The zero-order chi connectivity index (χ0) is 12.9. The molecule has 4 nitrogen and oxygen atoms in total. The minimum absolute atomic E-state index is 0.149. The van der Waals surface area contributed by atoms with Crippen LogP contribution < -0.4 is 0 Å². The molecule has 0 saturated carbocycles. The summed E-state index contributed by atoms with van der Waals surface area (Å²) in [7, 11) is -2.54. The van der Waals surface area contributed by atoms with Crippen LogP contribution in [0.4, 0.5) is 0 Å². The van der Waals surface area contributed by atoms with Gasteiger partial charge in [0, 0.05) is 0 Å². The van der Waals surface area contributed by atoms with Crippen molar-refractivity contribution in [1.29, 1.82) is 0 Å². The van der Waals surface area contributed by atoms with Gasteiger partial charge in [0.2, 0.25) is 0 Å². The maximum atomic E-state index is 11.8. The summed E-state index contributed by atoms with van der Waals surface area (Å²) in [4.78, 5) is 0. The zero-order valence-electron chi connectivity index (χ0n) is 10.0. The van der Waals surface area contributed by atoms with Gasteiger partial charge in [0.15, 0.2) is 0 Å². The largest absolute Gasteiger partial charge is 0.393 e. The topological polar surface area (TPSA) is 63.6 Å². The van der Waals surface area contributed by atoms with Crippen molar-refractivity contribution < 1.29 is 17.7 Å². The smallest absolute Gasteiger partial charge is 0.274 e. The van der Waals surface area contributed by atoms with Gasteiger partial charge in [-0.3, -0.25) is 4.18 Å². The number of hydrogen-bond acceptors (Lipinski definition) is 4. The fourth-order valence-electron chi connectivity index (χ4n) is 1.62. The predicted molar refractivity (Wildman–Crippen MR) is 66.0 cm³/mol. The first-order valence-corrected chi connectivity index (χ1v) is 7.00. The van der Waals surface area contributed by atoms with E-state index in [-0.39, 0.29) is 6.42 Å². The van der Waals surface area contributed by atoms with E-state index in [9.17, 15) is 13.5 Å². The molecule has 0 unspecified atom stereocenters. The van der Waals surface area contributed by atoms with E-state index in [1.807, 2.05) is 13.0 Å². The van der Waals surface area contributed by atoms with Gasteiger partial charge in [-0.15, -0.1) is 0 Å². The summed E-state index contributed by atoms with van der Waals surface area (Å²) in [6.07, 6.45) is 0.0179. The quantitative estimate of drug-likeness (QED) is 0.791. The summed E-state index contributed by atoms with van der Waals surface area (Å²) < 4.78 is 28.2. The highest BCUT2D eigenvalue weighted by molar-refractivity contribution is 7.87. The molecular weight excluding hydrogens is 240 g/mol. The summed E-state index contributed by atoms with van der Waals surface area (Å²) in [6.45, 7) is 1.81. The Bertz CT molecular complexity index is 427. The fraction of sp³-hybridized carbons (Fsp3) is 0.500. The van der Waals surface area contributed by atoms with Crippen molar-refractivity contribution >= 4 is 10.1 Å². The van der Waals surface area contributed by atoms with Crippen LogP contribution in [0.2, 0.25) is 0 Å². The Morgan fingerprint density at radius 3 is 2.35 bits per heavy atom. The van der Waals surface area contributed by atoms with Crippen LogP contribution in [0.3, 0.4) is 0 Å². The van der Waals surface area contributed by atoms with Crippen molar-refractivity contribution in [2.75, 3.05) is 7.11 Å². The first kappa shape index (κ1) is 14.2. The van der Waals surface area contributed by atoms with E-state index in [0.29, 0.717) is 12.0 Å². The molecule has 0 fully saturated rings. The molecule has 1 N–H and O–H groups in total. The Labute approximate surface area is 102 Å². The third kappa shape index (κ3) is 3.80. The summed E-state index contributed by atoms with van der Waals surface area (Å²) in [5.41, 5.74) is 0.641. The van der Waals surface area contributed by atoms with Gasteiger partial charge in [0.1, 0.15) is 5.25 Å². The van der Waals surface area contributed by atoms with Crippen molar-refractivity contribution in [2.24, 2.45) is 0 Å². The molecule has 0 saturated heterocycles. The highest BCUT2D eigenvalue weighted by atomic mass is 32.2. The van der Waals surface area contributed by atoms with Gasteiger partial charge in [-0.05, 0) is 18.4 Å². The number of rotatable bonds is 6. The molecule has 0 radical (unpaired) electrons. The first-order chi connectivity index (χ1) is 8.01. The Morgan fingerprint density at radius 2 is 1.88 bits per heavy atom. The maximum absolute atomic E-state index is 11.8. The molecule has 5 heteroatoms. The van der Waals surface area contributed by atoms with E-state index in [1.54, 1.807) is 24.3 Å². The molecular formula is C12H18O4S. The normalized spacial score (nSPS) is 15.5. The van der Waals surface area contributed by atoms with E-state index in [2.05, 4.69) is 4.18 Å². The van der Waals surface area contributed by atoms with Crippen molar-refractivity contribution in [3.05, 3.63) is 35.9 Å². The molecule has 17 heavy (non-hydrogen) atoms. The lowest BCUT2D eigenvalue weighted by molar-refractivity contribution is 0.157. The average molecular weight is 258 g/mol. The Hall–Kier alpha value is -0.910. The maximum Gasteiger partial charge on any atom is 0.274 e. The molecule has 0 spiro atoms. The first-order valence-electron chi connectivity index (χ1n) is 5.53. The van der Waals surface area contributed by atoms with Crippen LogP contribution in [-0.4, -0.2) is 26.7 Å². The highest BCUT2D eigenvalue weighted by Crippen LogP contribution is 2.28. The summed E-state index contributed by atoms with van der Waals surface area (Å²) in [5.74, 6) is 0. The van der Waals surface area contributed by atoms with E-state index in [4.69, 9.17) is 0 Å². The number of aliphatic hydroxyl groups is 1. The highest BCUT2D eigenvalue weighted by Gasteiger charge is 2.29. The Morgan fingerprint density at radius 1 is 1.29 bits per heavy atom. The molecule has 96 valence electrons. The lowest BCUT2D eigenvalue weighted by Crippen LogP contribution is -2.20. The molecule has 1 aromatic carbocycles. The third-order valence-electron chi connectivity index (χ3n) is 2.71. The second kappa shape index (κ2) is 6.14. The Balaban J connectivity index is 3.04. The monoisotopic (exact) mass is 258 g/mol. The van der Waals surface area contributed by atoms with Crippen LogP contribution in [-0.2, 0) is 14.3 Å². The molecule has 0 heterocycles. The predicted octanol–water partition coefficient (Wildman–Crippen LogP) is 1.86. The van der Waals surface area contributed by atoms with Gasteiger partial charge in [-0.1, -0.05) is 37.3 Å². The van der Waals surface area contributed by atoms with Gasteiger partial charge in [-0.25, -0.2) is 0 Å². The fourth-order valence-corrected chi connectivity index (χ4v) is 2.80. The van der Waals surface area contributed by atoms with Gasteiger partial charge in [0.05, 0.1) is 13.2 Å².